The monoisotopic (exact) mass is 273 g/mol. The third kappa shape index (κ3) is 2.54. The number of nitrogens with one attached hydrogen (secondary N) is 1. The van der Waals surface area contributed by atoms with Gasteiger partial charge in [-0.2, -0.15) is 0 Å². The number of anilines is 1. The first-order chi connectivity index (χ1) is 9.11. The van der Waals surface area contributed by atoms with Gasteiger partial charge in [-0.15, -0.1) is 0 Å². The Bertz CT molecular complexity index is 624. The van der Waals surface area contributed by atoms with Gasteiger partial charge in [0.15, 0.2) is 0 Å². The van der Waals surface area contributed by atoms with Crippen LogP contribution in [0.4, 0.5) is 5.69 Å². The van der Waals surface area contributed by atoms with Crippen molar-refractivity contribution in [1.29, 1.82) is 0 Å². The molecule has 2 aromatic rings. The fourth-order valence-corrected chi connectivity index (χ4v) is 2.91. The number of hydrogen-bond donors (Lipinski definition) is 2. The summed E-state index contributed by atoms with van der Waals surface area (Å²) in [7, 11) is 0. The van der Waals surface area contributed by atoms with Crippen molar-refractivity contribution in [3.8, 4) is 5.75 Å². The molecular weight excluding hydrogens is 258 g/mol. The number of aryl methyl sites for hydroxylation is 1. The summed E-state index contributed by atoms with van der Waals surface area (Å²) < 4.78 is 0. The molecule has 0 radical (unpaired) electrons. The van der Waals surface area contributed by atoms with Gasteiger partial charge in [-0.3, -0.25) is 0 Å². The number of rotatable bonds is 2. The Morgan fingerprint density at radius 2 is 1.89 bits per heavy atom. The first kappa shape index (κ1) is 12.4. The van der Waals surface area contributed by atoms with Gasteiger partial charge in [0, 0.05) is 16.8 Å². The molecule has 1 aliphatic carbocycles. The van der Waals surface area contributed by atoms with Gasteiger partial charge in [-0.05, 0) is 66.8 Å². The lowest BCUT2D eigenvalue weighted by molar-refractivity contribution is 0.475. The lowest BCUT2D eigenvalue weighted by atomic mass is 10.1. The molecule has 2 aromatic carbocycles. The van der Waals surface area contributed by atoms with Crippen molar-refractivity contribution in [2.45, 2.75) is 25.8 Å². The molecule has 1 unspecified atom stereocenters. The molecule has 0 fully saturated rings. The number of fused-ring (bicyclic) bond motifs is 1. The summed E-state index contributed by atoms with van der Waals surface area (Å²) in [5, 5.41) is 13.8. The second-order valence-electron chi connectivity index (χ2n) is 5.16. The quantitative estimate of drug-likeness (QED) is 0.813. The zero-order chi connectivity index (χ0) is 13.4. The van der Waals surface area contributed by atoms with E-state index in [0.29, 0.717) is 11.8 Å². The molecule has 0 saturated heterocycles. The van der Waals surface area contributed by atoms with Gasteiger partial charge in [0.25, 0.3) is 0 Å². The van der Waals surface area contributed by atoms with E-state index in [9.17, 15) is 5.11 Å². The Balaban J connectivity index is 1.77. The normalized spacial score (nSPS) is 17.3. The minimum atomic E-state index is 0.310. The number of halogens is 1. The highest BCUT2D eigenvalue weighted by Gasteiger charge is 2.21. The molecule has 98 valence electrons. The molecule has 1 atom stereocenters. The van der Waals surface area contributed by atoms with Crippen LogP contribution in [0.15, 0.2) is 36.4 Å². The van der Waals surface area contributed by atoms with Crippen LogP contribution in [-0.4, -0.2) is 11.1 Å². The van der Waals surface area contributed by atoms with Crippen molar-refractivity contribution < 1.29 is 5.11 Å². The van der Waals surface area contributed by atoms with Crippen LogP contribution in [0.3, 0.4) is 0 Å². The second kappa shape index (κ2) is 4.78. The van der Waals surface area contributed by atoms with Crippen molar-refractivity contribution in [2.24, 2.45) is 0 Å². The standard InChI is InChI=1S/C16H16ClNO/c1-10-6-15(19)4-5-16(10)18-14-8-11-2-3-13(17)7-12(11)9-14/h2-7,14,18-19H,8-9H2,1H3. The van der Waals surface area contributed by atoms with Crippen LogP contribution in [0.1, 0.15) is 16.7 Å². The fourth-order valence-electron chi connectivity index (χ4n) is 2.72. The highest BCUT2D eigenvalue weighted by molar-refractivity contribution is 6.30. The van der Waals surface area contributed by atoms with Crippen LogP contribution in [0.2, 0.25) is 5.02 Å². The first-order valence-electron chi connectivity index (χ1n) is 6.45. The third-order valence-electron chi connectivity index (χ3n) is 3.67. The summed E-state index contributed by atoms with van der Waals surface area (Å²) in [4.78, 5) is 0. The molecule has 0 bridgehead atoms. The summed E-state index contributed by atoms with van der Waals surface area (Å²) in [5.41, 5.74) is 4.86. The second-order valence-corrected chi connectivity index (χ2v) is 5.60. The highest BCUT2D eigenvalue weighted by atomic mass is 35.5. The van der Waals surface area contributed by atoms with Crippen molar-refractivity contribution in [2.75, 3.05) is 5.32 Å². The molecule has 2 nitrogen and oxygen atoms in total. The zero-order valence-corrected chi connectivity index (χ0v) is 11.5. The molecular formula is C16H16ClNO. The van der Waals surface area contributed by atoms with Crippen LogP contribution in [0.25, 0.3) is 0 Å². The molecule has 3 rings (SSSR count). The summed E-state index contributed by atoms with van der Waals surface area (Å²) in [6.07, 6.45) is 2.02. The molecule has 19 heavy (non-hydrogen) atoms. The topological polar surface area (TPSA) is 32.3 Å². The maximum Gasteiger partial charge on any atom is 0.115 e. The van der Waals surface area contributed by atoms with E-state index in [0.717, 1.165) is 29.1 Å². The van der Waals surface area contributed by atoms with E-state index in [1.165, 1.54) is 11.1 Å². The Hall–Kier alpha value is -1.67. The largest absolute Gasteiger partial charge is 0.508 e. The van der Waals surface area contributed by atoms with E-state index in [1.54, 1.807) is 12.1 Å². The minimum Gasteiger partial charge on any atom is -0.508 e. The van der Waals surface area contributed by atoms with Gasteiger partial charge < -0.3 is 10.4 Å². The van der Waals surface area contributed by atoms with E-state index in [2.05, 4.69) is 17.4 Å². The van der Waals surface area contributed by atoms with Gasteiger partial charge in [0.2, 0.25) is 0 Å². The number of phenolic OH excluding ortho intramolecular Hbond substituents is 1. The molecule has 0 aromatic heterocycles. The van der Waals surface area contributed by atoms with Crippen molar-refractivity contribution in [3.63, 3.8) is 0 Å². The van der Waals surface area contributed by atoms with Crippen LogP contribution in [0.5, 0.6) is 5.75 Å². The lowest BCUT2D eigenvalue weighted by Crippen LogP contribution is -2.19. The SMILES string of the molecule is Cc1cc(O)ccc1NC1Cc2ccc(Cl)cc2C1. The molecule has 1 aliphatic rings. The van der Waals surface area contributed by atoms with E-state index < -0.39 is 0 Å². The number of benzene rings is 2. The van der Waals surface area contributed by atoms with Gasteiger partial charge in [0.1, 0.15) is 5.75 Å². The predicted octanol–water partition coefficient (Wildman–Crippen LogP) is 3.93. The van der Waals surface area contributed by atoms with E-state index in [-0.39, 0.29) is 0 Å². The summed E-state index contributed by atoms with van der Waals surface area (Å²) in [6.45, 7) is 2.00. The Kier molecular flexibility index (Phi) is 3.11. The number of phenols is 1. The molecule has 0 spiro atoms. The maximum atomic E-state index is 9.43. The van der Waals surface area contributed by atoms with Gasteiger partial charge >= 0.3 is 0 Å². The molecule has 0 saturated carbocycles. The van der Waals surface area contributed by atoms with Gasteiger partial charge in [0.05, 0.1) is 0 Å². The van der Waals surface area contributed by atoms with Crippen LogP contribution in [-0.2, 0) is 12.8 Å². The molecule has 0 amide bonds. The Labute approximate surface area is 118 Å². The summed E-state index contributed by atoms with van der Waals surface area (Å²) in [6, 6.07) is 12.0. The first-order valence-corrected chi connectivity index (χ1v) is 6.83. The van der Waals surface area contributed by atoms with Crippen molar-refractivity contribution >= 4 is 17.3 Å². The molecule has 2 N–H and O–H groups in total. The molecule has 0 heterocycles. The third-order valence-corrected chi connectivity index (χ3v) is 3.91. The molecule has 0 aliphatic heterocycles. The average Bonchev–Trinajstić information content (AvgIpc) is 2.74. The Morgan fingerprint density at radius 1 is 1.11 bits per heavy atom. The smallest absolute Gasteiger partial charge is 0.115 e. The minimum absolute atomic E-state index is 0.310. The predicted molar refractivity (Wildman–Crippen MR) is 79.1 cm³/mol. The van der Waals surface area contributed by atoms with Crippen LogP contribution in [0, 0.1) is 6.92 Å². The van der Waals surface area contributed by atoms with Crippen LogP contribution >= 0.6 is 11.6 Å². The Morgan fingerprint density at radius 3 is 2.68 bits per heavy atom. The van der Waals surface area contributed by atoms with Gasteiger partial charge in [-0.1, -0.05) is 17.7 Å². The summed E-state index contributed by atoms with van der Waals surface area (Å²) >= 11 is 6.03. The number of aromatic hydroxyl groups is 1. The van der Waals surface area contributed by atoms with E-state index >= 15 is 0 Å². The maximum absolute atomic E-state index is 9.43. The lowest BCUT2D eigenvalue weighted by Gasteiger charge is -2.15. The van der Waals surface area contributed by atoms with Gasteiger partial charge in [-0.25, -0.2) is 0 Å². The fraction of sp³-hybridized carbons (Fsp3) is 0.250. The van der Waals surface area contributed by atoms with Crippen molar-refractivity contribution in [3.05, 3.63) is 58.1 Å². The zero-order valence-electron chi connectivity index (χ0n) is 10.8. The van der Waals surface area contributed by atoms with E-state index in [4.69, 9.17) is 11.6 Å². The van der Waals surface area contributed by atoms with Crippen molar-refractivity contribution in [1.82, 2.24) is 0 Å². The number of hydrogen-bond acceptors (Lipinski definition) is 2. The average molecular weight is 274 g/mol. The summed E-state index contributed by atoms with van der Waals surface area (Å²) in [5.74, 6) is 0.310. The molecule has 3 heteroatoms. The highest BCUT2D eigenvalue weighted by Crippen LogP contribution is 2.28. The van der Waals surface area contributed by atoms with Crippen LogP contribution < -0.4 is 5.32 Å². The van der Waals surface area contributed by atoms with E-state index in [1.807, 2.05) is 19.1 Å².